The first-order chi connectivity index (χ1) is 11.2. The number of halogens is 1. The Morgan fingerprint density at radius 3 is 2.35 bits per heavy atom. The normalized spacial score (nSPS) is 10.3. The van der Waals surface area contributed by atoms with Crippen molar-refractivity contribution in [2.45, 2.75) is 6.54 Å². The van der Waals surface area contributed by atoms with Gasteiger partial charge in [-0.3, -0.25) is 4.79 Å². The molecule has 1 amide bonds. The van der Waals surface area contributed by atoms with Crippen molar-refractivity contribution in [3.05, 3.63) is 66.2 Å². The first-order valence-corrected chi connectivity index (χ1v) is 7.22. The zero-order chi connectivity index (χ0) is 16.1. The van der Waals surface area contributed by atoms with Crippen LogP contribution < -0.4 is 10.1 Å². The summed E-state index contributed by atoms with van der Waals surface area (Å²) in [5.74, 6) is 1.18. The third-order valence-electron chi connectivity index (χ3n) is 2.96. The van der Waals surface area contributed by atoms with E-state index in [0.29, 0.717) is 22.2 Å². The van der Waals surface area contributed by atoms with E-state index in [0.717, 1.165) is 0 Å². The average Bonchev–Trinajstić information content (AvgIpc) is 3.04. The molecule has 0 bridgehead atoms. The molecule has 0 radical (unpaired) electrons. The summed E-state index contributed by atoms with van der Waals surface area (Å²) in [6, 6.07) is 14.2. The summed E-state index contributed by atoms with van der Waals surface area (Å²) in [6.07, 6.45) is 2.87. The van der Waals surface area contributed by atoms with E-state index >= 15 is 0 Å². The van der Waals surface area contributed by atoms with E-state index < -0.39 is 0 Å². The van der Waals surface area contributed by atoms with Crippen molar-refractivity contribution in [2.75, 3.05) is 5.32 Å². The van der Waals surface area contributed by atoms with Gasteiger partial charge in [-0.15, -0.1) is 0 Å². The molecule has 2 aromatic carbocycles. The number of hydrogen-bond donors (Lipinski definition) is 1. The monoisotopic (exact) mass is 328 g/mol. The summed E-state index contributed by atoms with van der Waals surface area (Å²) in [6.45, 7) is 0.114. The fourth-order valence-corrected chi connectivity index (χ4v) is 2.03. The van der Waals surface area contributed by atoms with Gasteiger partial charge in [-0.1, -0.05) is 11.6 Å². The Labute approximate surface area is 137 Å². The van der Waals surface area contributed by atoms with Gasteiger partial charge in [0.05, 0.1) is 0 Å². The van der Waals surface area contributed by atoms with Crippen LogP contribution in [0.5, 0.6) is 11.5 Å². The van der Waals surface area contributed by atoms with Gasteiger partial charge in [0.1, 0.15) is 30.7 Å². The smallest absolute Gasteiger partial charge is 0.246 e. The number of anilines is 1. The highest BCUT2D eigenvalue weighted by molar-refractivity contribution is 6.30. The van der Waals surface area contributed by atoms with Crippen molar-refractivity contribution in [1.82, 2.24) is 14.8 Å². The van der Waals surface area contributed by atoms with Crippen LogP contribution in [0.4, 0.5) is 5.69 Å². The van der Waals surface area contributed by atoms with Gasteiger partial charge >= 0.3 is 0 Å². The molecule has 23 heavy (non-hydrogen) atoms. The van der Waals surface area contributed by atoms with Crippen molar-refractivity contribution in [2.24, 2.45) is 0 Å². The average molecular weight is 329 g/mol. The van der Waals surface area contributed by atoms with Gasteiger partial charge in [0, 0.05) is 10.7 Å². The Hall–Kier alpha value is -2.86. The fraction of sp³-hybridized carbons (Fsp3) is 0.0625. The number of aromatic nitrogens is 3. The first kappa shape index (κ1) is 15.1. The van der Waals surface area contributed by atoms with Crippen LogP contribution in [0.15, 0.2) is 61.2 Å². The predicted octanol–water partition coefficient (Wildman–Crippen LogP) is 3.36. The number of nitrogens with zero attached hydrogens (tertiary/aromatic N) is 3. The zero-order valence-corrected chi connectivity index (χ0v) is 12.8. The highest BCUT2D eigenvalue weighted by Crippen LogP contribution is 2.24. The van der Waals surface area contributed by atoms with E-state index in [2.05, 4.69) is 15.4 Å². The second-order valence-corrected chi connectivity index (χ2v) is 5.16. The number of nitrogens with one attached hydrogen (secondary N) is 1. The molecule has 0 aliphatic rings. The van der Waals surface area contributed by atoms with Gasteiger partial charge < -0.3 is 10.1 Å². The Morgan fingerprint density at radius 2 is 1.74 bits per heavy atom. The van der Waals surface area contributed by atoms with Crippen molar-refractivity contribution < 1.29 is 9.53 Å². The third kappa shape index (κ3) is 4.31. The zero-order valence-electron chi connectivity index (χ0n) is 12.0. The van der Waals surface area contributed by atoms with Gasteiger partial charge in [-0.05, 0) is 48.5 Å². The molecule has 0 aliphatic heterocycles. The summed E-state index contributed by atoms with van der Waals surface area (Å²) in [5, 5.41) is 7.31. The molecule has 6 nitrogen and oxygen atoms in total. The molecule has 0 aliphatic carbocycles. The Kier molecular flexibility index (Phi) is 4.54. The molecular weight excluding hydrogens is 316 g/mol. The molecule has 0 saturated carbocycles. The molecule has 0 atom stereocenters. The second-order valence-electron chi connectivity index (χ2n) is 4.72. The maximum atomic E-state index is 11.8. The van der Waals surface area contributed by atoms with Gasteiger partial charge in [-0.25, -0.2) is 9.67 Å². The fourth-order valence-electron chi connectivity index (χ4n) is 1.91. The number of rotatable bonds is 5. The Morgan fingerprint density at radius 1 is 1.09 bits per heavy atom. The van der Waals surface area contributed by atoms with Crippen LogP contribution in [0.1, 0.15) is 0 Å². The number of amides is 1. The van der Waals surface area contributed by atoms with E-state index in [4.69, 9.17) is 16.3 Å². The maximum absolute atomic E-state index is 11.8. The SMILES string of the molecule is O=C(Cn1cncn1)Nc1ccc(Oc2ccc(Cl)cc2)cc1. The Balaban J connectivity index is 1.58. The molecule has 116 valence electrons. The van der Waals surface area contributed by atoms with E-state index in [1.165, 1.54) is 17.3 Å². The minimum atomic E-state index is -0.179. The lowest BCUT2D eigenvalue weighted by Gasteiger charge is -2.08. The summed E-state index contributed by atoms with van der Waals surface area (Å²) in [5.41, 5.74) is 0.679. The van der Waals surface area contributed by atoms with Crippen LogP contribution in [0.25, 0.3) is 0 Å². The number of hydrogen-bond acceptors (Lipinski definition) is 4. The van der Waals surface area contributed by atoms with Crippen LogP contribution in [-0.4, -0.2) is 20.7 Å². The van der Waals surface area contributed by atoms with Crippen molar-refractivity contribution >= 4 is 23.2 Å². The lowest BCUT2D eigenvalue weighted by molar-refractivity contribution is -0.116. The van der Waals surface area contributed by atoms with Crippen LogP contribution in [0.3, 0.4) is 0 Å². The van der Waals surface area contributed by atoms with Crippen molar-refractivity contribution in [3.8, 4) is 11.5 Å². The predicted molar refractivity (Wildman–Crippen MR) is 86.6 cm³/mol. The lowest BCUT2D eigenvalue weighted by atomic mass is 10.3. The molecule has 1 aromatic heterocycles. The second kappa shape index (κ2) is 6.93. The summed E-state index contributed by atoms with van der Waals surface area (Å²) < 4.78 is 7.14. The van der Waals surface area contributed by atoms with E-state index in [1.807, 2.05) is 0 Å². The molecule has 1 N–H and O–H groups in total. The van der Waals surface area contributed by atoms with Gasteiger partial charge in [0.2, 0.25) is 5.91 Å². The first-order valence-electron chi connectivity index (χ1n) is 6.85. The topological polar surface area (TPSA) is 69.0 Å². The molecule has 0 saturated heterocycles. The molecule has 0 spiro atoms. The quantitative estimate of drug-likeness (QED) is 0.779. The molecule has 3 aromatic rings. The standard InChI is InChI=1S/C16H13ClN4O2/c17-12-1-5-14(6-2-12)23-15-7-3-13(4-8-15)20-16(22)9-21-11-18-10-19-21/h1-8,10-11H,9H2,(H,20,22). The van der Waals surface area contributed by atoms with Crippen LogP contribution in [0, 0.1) is 0 Å². The summed E-state index contributed by atoms with van der Waals surface area (Å²) in [4.78, 5) is 15.6. The molecule has 3 rings (SSSR count). The summed E-state index contributed by atoms with van der Waals surface area (Å²) in [7, 11) is 0. The van der Waals surface area contributed by atoms with Crippen LogP contribution >= 0.6 is 11.6 Å². The highest BCUT2D eigenvalue weighted by Gasteiger charge is 2.04. The molecule has 1 heterocycles. The molecule has 7 heteroatoms. The minimum Gasteiger partial charge on any atom is -0.457 e. The highest BCUT2D eigenvalue weighted by atomic mass is 35.5. The molecular formula is C16H13ClN4O2. The van der Waals surface area contributed by atoms with E-state index in [1.54, 1.807) is 48.5 Å². The molecule has 0 fully saturated rings. The van der Waals surface area contributed by atoms with Crippen molar-refractivity contribution in [1.29, 1.82) is 0 Å². The van der Waals surface area contributed by atoms with Crippen LogP contribution in [0.2, 0.25) is 5.02 Å². The van der Waals surface area contributed by atoms with Gasteiger partial charge in [-0.2, -0.15) is 5.10 Å². The number of carbonyl (C=O) groups excluding carboxylic acids is 1. The lowest BCUT2D eigenvalue weighted by Crippen LogP contribution is -2.18. The van der Waals surface area contributed by atoms with Crippen LogP contribution in [-0.2, 0) is 11.3 Å². The maximum Gasteiger partial charge on any atom is 0.246 e. The number of ether oxygens (including phenoxy) is 1. The minimum absolute atomic E-state index is 0.114. The van der Waals surface area contributed by atoms with E-state index in [-0.39, 0.29) is 12.5 Å². The largest absolute Gasteiger partial charge is 0.457 e. The number of benzene rings is 2. The van der Waals surface area contributed by atoms with E-state index in [9.17, 15) is 4.79 Å². The Bertz CT molecular complexity index is 771. The third-order valence-corrected chi connectivity index (χ3v) is 3.21. The van der Waals surface area contributed by atoms with Gasteiger partial charge in [0.15, 0.2) is 0 Å². The van der Waals surface area contributed by atoms with Crippen molar-refractivity contribution in [3.63, 3.8) is 0 Å². The van der Waals surface area contributed by atoms with Gasteiger partial charge in [0.25, 0.3) is 0 Å². The summed E-state index contributed by atoms with van der Waals surface area (Å²) >= 11 is 5.83. The number of carbonyl (C=O) groups is 1. The molecule has 0 unspecified atom stereocenters.